The van der Waals surface area contributed by atoms with Crippen LogP contribution in [0.5, 0.6) is 5.75 Å². The highest BCUT2D eigenvalue weighted by Gasteiger charge is 2.19. The van der Waals surface area contributed by atoms with Gasteiger partial charge in [-0.05, 0) is 55.0 Å². The second-order valence-corrected chi connectivity index (χ2v) is 5.95. The molecule has 1 amide bonds. The number of carbonyl (C=O) groups is 1. The Hall–Kier alpha value is -3.12. The Morgan fingerprint density at radius 1 is 1.19 bits per heavy atom. The molecule has 0 spiro atoms. The number of rotatable bonds is 6. The summed E-state index contributed by atoms with van der Waals surface area (Å²) in [6.45, 7) is 2.49. The Kier molecular flexibility index (Phi) is 5.34. The number of aromatic nitrogens is 2. The standard InChI is InChI=1S/C20H21N3O3/c1-2-22(14-19(25)16-5-3-6-18(24)13-16)20(26)15-7-9-17(10-8-15)23-12-4-11-21-23/h3-13,19,24-25H,2,14H2,1H3/t19-/m0/s1. The average Bonchev–Trinajstić information content (AvgIpc) is 3.20. The van der Waals surface area contributed by atoms with E-state index in [1.807, 2.05) is 31.3 Å². The van der Waals surface area contributed by atoms with Gasteiger partial charge < -0.3 is 15.1 Å². The number of likely N-dealkylation sites (N-methyl/N-ethyl adjacent to an activating group) is 1. The summed E-state index contributed by atoms with van der Waals surface area (Å²) in [5.74, 6) is -0.0659. The zero-order chi connectivity index (χ0) is 18.5. The molecule has 0 aliphatic rings. The molecule has 134 valence electrons. The van der Waals surface area contributed by atoms with E-state index in [1.165, 1.54) is 6.07 Å². The molecule has 0 saturated carbocycles. The Morgan fingerprint density at radius 2 is 1.96 bits per heavy atom. The van der Waals surface area contributed by atoms with E-state index in [0.717, 1.165) is 5.69 Å². The van der Waals surface area contributed by atoms with Crippen molar-refractivity contribution in [2.45, 2.75) is 13.0 Å². The van der Waals surface area contributed by atoms with Crippen LogP contribution in [0, 0.1) is 0 Å². The first-order valence-electron chi connectivity index (χ1n) is 8.45. The van der Waals surface area contributed by atoms with Crippen LogP contribution < -0.4 is 0 Å². The van der Waals surface area contributed by atoms with Crippen LogP contribution in [0.3, 0.4) is 0 Å². The molecule has 0 aliphatic carbocycles. The summed E-state index contributed by atoms with van der Waals surface area (Å²) in [6, 6.07) is 15.4. The van der Waals surface area contributed by atoms with E-state index in [-0.39, 0.29) is 18.2 Å². The van der Waals surface area contributed by atoms with Crippen molar-refractivity contribution in [3.63, 3.8) is 0 Å². The summed E-state index contributed by atoms with van der Waals surface area (Å²) in [4.78, 5) is 14.3. The van der Waals surface area contributed by atoms with Crippen molar-refractivity contribution < 1.29 is 15.0 Å². The van der Waals surface area contributed by atoms with Crippen LogP contribution in [0.4, 0.5) is 0 Å². The zero-order valence-electron chi connectivity index (χ0n) is 14.5. The number of carbonyl (C=O) groups excluding carboxylic acids is 1. The van der Waals surface area contributed by atoms with Crippen LogP contribution in [0.2, 0.25) is 0 Å². The summed E-state index contributed by atoms with van der Waals surface area (Å²) >= 11 is 0. The highest BCUT2D eigenvalue weighted by Crippen LogP contribution is 2.20. The normalized spacial score (nSPS) is 11.9. The maximum atomic E-state index is 12.8. The SMILES string of the molecule is CCN(C[C@H](O)c1cccc(O)c1)C(=O)c1ccc(-n2cccn2)cc1. The monoisotopic (exact) mass is 351 g/mol. The summed E-state index contributed by atoms with van der Waals surface area (Å²) in [5, 5.41) is 24.1. The fourth-order valence-electron chi connectivity index (χ4n) is 2.76. The maximum Gasteiger partial charge on any atom is 0.253 e. The summed E-state index contributed by atoms with van der Waals surface area (Å²) in [7, 11) is 0. The van der Waals surface area contributed by atoms with Crippen LogP contribution >= 0.6 is 0 Å². The molecule has 2 aromatic carbocycles. The number of phenolic OH excluding ortho intramolecular Hbond substituents is 1. The molecule has 3 aromatic rings. The molecule has 0 bridgehead atoms. The average molecular weight is 351 g/mol. The van der Waals surface area contributed by atoms with E-state index in [2.05, 4.69) is 5.10 Å². The summed E-state index contributed by atoms with van der Waals surface area (Å²) in [5.41, 5.74) is 1.99. The number of benzene rings is 2. The number of hydrogen-bond donors (Lipinski definition) is 2. The molecular weight excluding hydrogens is 330 g/mol. The first kappa shape index (κ1) is 17.7. The first-order chi connectivity index (χ1) is 12.6. The number of nitrogens with zero attached hydrogens (tertiary/aromatic N) is 3. The third-order valence-corrected chi connectivity index (χ3v) is 4.20. The van der Waals surface area contributed by atoms with Gasteiger partial charge in [-0.3, -0.25) is 4.79 Å². The topological polar surface area (TPSA) is 78.6 Å². The molecule has 1 heterocycles. The molecule has 0 radical (unpaired) electrons. The van der Waals surface area contributed by atoms with E-state index < -0.39 is 6.10 Å². The van der Waals surface area contributed by atoms with E-state index in [0.29, 0.717) is 17.7 Å². The van der Waals surface area contributed by atoms with Crippen molar-refractivity contribution in [2.24, 2.45) is 0 Å². The smallest absolute Gasteiger partial charge is 0.253 e. The van der Waals surface area contributed by atoms with Crippen molar-refractivity contribution in [3.8, 4) is 11.4 Å². The predicted molar refractivity (Wildman–Crippen MR) is 98.2 cm³/mol. The molecule has 6 heteroatoms. The number of aromatic hydroxyl groups is 1. The fraction of sp³-hybridized carbons (Fsp3) is 0.200. The number of hydrogen-bond acceptors (Lipinski definition) is 4. The second kappa shape index (κ2) is 7.84. The molecule has 0 unspecified atom stereocenters. The van der Waals surface area contributed by atoms with Gasteiger partial charge in [-0.15, -0.1) is 0 Å². The van der Waals surface area contributed by atoms with Crippen LogP contribution in [-0.2, 0) is 0 Å². The van der Waals surface area contributed by atoms with E-state index in [9.17, 15) is 15.0 Å². The minimum Gasteiger partial charge on any atom is -0.508 e. The van der Waals surface area contributed by atoms with Gasteiger partial charge >= 0.3 is 0 Å². The molecule has 6 nitrogen and oxygen atoms in total. The van der Waals surface area contributed by atoms with Crippen molar-refractivity contribution >= 4 is 5.91 Å². The lowest BCUT2D eigenvalue weighted by atomic mass is 10.1. The minimum atomic E-state index is -0.866. The summed E-state index contributed by atoms with van der Waals surface area (Å²) in [6.07, 6.45) is 2.66. The predicted octanol–water partition coefficient (Wildman–Crippen LogP) is 2.77. The minimum absolute atomic E-state index is 0.0881. The Balaban J connectivity index is 1.72. The van der Waals surface area contributed by atoms with Crippen molar-refractivity contribution in [1.82, 2.24) is 14.7 Å². The van der Waals surface area contributed by atoms with Gasteiger partial charge in [0, 0.05) is 24.5 Å². The second-order valence-electron chi connectivity index (χ2n) is 5.95. The fourth-order valence-corrected chi connectivity index (χ4v) is 2.76. The maximum absolute atomic E-state index is 12.8. The van der Waals surface area contributed by atoms with E-state index in [1.54, 1.807) is 46.1 Å². The Bertz CT molecular complexity index is 860. The van der Waals surface area contributed by atoms with Crippen molar-refractivity contribution in [1.29, 1.82) is 0 Å². The lowest BCUT2D eigenvalue weighted by Gasteiger charge is -2.24. The van der Waals surface area contributed by atoms with Gasteiger partial charge in [0.05, 0.1) is 18.3 Å². The number of amides is 1. The molecule has 1 atom stereocenters. The van der Waals surface area contributed by atoms with Gasteiger partial charge in [-0.2, -0.15) is 5.10 Å². The van der Waals surface area contributed by atoms with Crippen LogP contribution in [0.15, 0.2) is 67.0 Å². The van der Waals surface area contributed by atoms with Crippen LogP contribution in [0.1, 0.15) is 28.9 Å². The molecule has 1 aromatic heterocycles. The van der Waals surface area contributed by atoms with Gasteiger partial charge in [0.15, 0.2) is 0 Å². The number of aliphatic hydroxyl groups excluding tert-OH is 1. The Morgan fingerprint density at radius 3 is 2.58 bits per heavy atom. The van der Waals surface area contributed by atoms with Crippen LogP contribution in [-0.4, -0.2) is 43.9 Å². The quantitative estimate of drug-likeness (QED) is 0.716. The third kappa shape index (κ3) is 3.92. The largest absolute Gasteiger partial charge is 0.508 e. The number of aliphatic hydroxyl groups is 1. The van der Waals surface area contributed by atoms with Crippen molar-refractivity contribution in [2.75, 3.05) is 13.1 Å². The molecule has 0 saturated heterocycles. The van der Waals surface area contributed by atoms with E-state index >= 15 is 0 Å². The lowest BCUT2D eigenvalue weighted by molar-refractivity contribution is 0.0635. The van der Waals surface area contributed by atoms with Gasteiger partial charge in [0.1, 0.15) is 5.75 Å². The van der Waals surface area contributed by atoms with Crippen molar-refractivity contribution in [3.05, 3.63) is 78.1 Å². The van der Waals surface area contributed by atoms with Gasteiger partial charge in [-0.1, -0.05) is 12.1 Å². The molecule has 0 aliphatic heterocycles. The summed E-state index contributed by atoms with van der Waals surface area (Å²) < 4.78 is 1.72. The highest BCUT2D eigenvalue weighted by atomic mass is 16.3. The van der Waals surface area contributed by atoms with E-state index in [4.69, 9.17) is 0 Å². The molecule has 26 heavy (non-hydrogen) atoms. The molecule has 2 N–H and O–H groups in total. The highest BCUT2D eigenvalue weighted by molar-refractivity contribution is 5.94. The van der Waals surface area contributed by atoms with Gasteiger partial charge in [0.25, 0.3) is 5.91 Å². The van der Waals surface area contributed by atoms with Crippen LogP contribution in [0.25, 0.3) is 5.69 Å². The lowest BCUT2D eigenvalue weighted by Crippen LogP contribution is -2.34. The zero-order valence-corrected chi connectivity index (χ0v) is 14.5. The molecule has 0 fully saturated rings. The van der Waals surface area contributed by atoms with Gasteiger partial charge in [-0.25, -0.2) is 4.68 Å². The Labute approximate surface area is 151 Å². The molecule has 3 rings (SSSR count). The molecular formula is C20H21N3O3. The third-order valence-electron chi connectivity index (χ3n) is 4.20. The number of phenols is 1. The first-order valence-corrected chi connectivity index (χ1v) is 8.45. The van der Waals surface area contributed by atoms with Gasteiger partial charge in [0.2, 0.25) is 0 Å².